The Morgan fingerprint density at radius 2 is 2.03 bits per heavy atom. The van der Waals surface area contributed by atoms with Gasteiger partial charge in [-0.05, 0) is 43.2 Å². The lowest BCUT2D eigenvalue weighted by atomic mass is 9.72. The predicted octanol–water partition coefficient (Wildman–Crippen LogP) is 5.36. The molecule has 1 saturated carbocycles. The van der Waals surface area contributed by atoms with Crippen molar-refractivity contribution >= 4 is 34.3 Å². The van der Waals surface area contributed by atoms with Crippen LogP contribution in [0.5, 0.6) is 0 Å². The molecular formula is C25H29ClFN3O3. The number of alkyl halides is 1. The van der Waals surface area contributed by atoms with Gasteiger partial charge in [0.15, 0.2) is 0 Å². The molecule has 0 saturated heterocycles. The van der Waals surface area contributed by atoms with Crippen molar-refractivity contribution in [1.82, 2.24) is 9.88 Å². The molecule has 4 rings (SSSR count). The van der Waals surface area contributed by atoms with Crippen molar-refractivity contribution in [2.45, 2.75) is 50.5 Å². The normalized spacial score (nSPS) is 19.8. The van der Waals surface area contributed by atoms with Gasteiger partial charge in [0.1, 0.15) is 6.10 Å². The number of amides is 1. The van der Waals surface area contributed by atoms with E-state index in [0.717, 1.165) is 40.8 Å². The first-order chi connectivity index (χ1) is 15.9. The summed E-state index contributed by atoms with van der Waals surface area (Å²) in [6, 6.07) is 15.5. The number of aryl methyl sites for hydroxylation is 1. The van der Waals surface area contributed by atoms with E-state index in [1.54, 1.807) is 0 Å². The van der Waals surface area contributed by atoms with E-state index in [-0.39, 0.29) is 12.8 Å². The molecule has 0 atom stereocenters. The van der Waals surface area contributed by atoms with Crippen molar-refractivity contribution in [1.29, 1.82) is 0 Å². The molecule has 0 unspecified atom stereocenters. The highest BCUT2D eigenvalue weighted by Crippen LogP contribution is 2.45. The third-order valence-corrected chi connectivity index (χ3v) is 6.45. The number of unbranched alkanes of at least 4 members (excludes halogenated alkanes) is 1. The molecular weight excluding hydrogens is 445 g/mol. The van der Waals surface area contributed by atoms with E-state index in [1.165, 1.54) is 7.05 Å². The first-order valence-electron chi connectivity index (χ1n) is 11.2. The van der Waals surface area contributed by atoms with Crippen LogP contribution in [0.2, 0.25) is 5.02 Å². The van der Waals surface area contributed by atoms with Crippen molar-refractivity contribution < 1.29 is 19.0 Å². The molecule has 3 N–H and O–H groups in total. The van der Waals surface area contributed by atoms with Crippen LogP contribution in [0, 0.1) is 0 Å². The minimum Gasteiger partial charge on any atom is -0.446 e. The molecule has 33 heavy (non-hydrogen) atoms. The summed E-state index contributed by atoms with van der Waals surface area (Å²) in [5.74, 6) is 0. The van der Waals surface area contributed by atoms with Gasteiger partial charge in [0.25, 0.3) is 0 Å². The zero-order valence-corrected chi connectivity index (χ0v) is 19.4. The van der Waals surface area contributed by atoms with Crippen LogP contribution >= 0.6 is 11.6 Å². The summed E-state index contributed by atoms with van der Waals surface area (Å²) < 4.78 is 20.1. The summed E-state index contributed by atoms with van der Waals surface area (Å²) in [7, 11) is 1.51. The molecule has 0 aliphatic heterocycles. The SMILES string of the molecule is CNC(=O)OC1CC(O)(c2ccccc2NCc2cc3cc(Cl)ccc3n2CCCCF)C1. The first-order valence-corrected chi connectivity index (χ1v) is 11.6. The number of ether oxygens (including phenoxy) is 1. The number of benzene rings is 2. The Morgan fingerprint density at radius 3 is 2.79 bits per heavy atom. The standard InChI is InChI=1S/C25H29ClFN3O3/c1-28-24(31)33-20-14-25(32,15-20)21-6-2-3-7-22(21)29-16-19-13-17-12-18(26)8-9-23(17)30(19)11-5-4-10-27/h2-3,6-9,12-13,20,29,32H,4-5,10-11,14-16H2,1H3,(H,28,31). The molecule has 1 fully saturated rings. The van der Waals surface area contributed by atoms with E-state index < -0.39 is 11.7 Å². The molecule has 1 aliphatic rings. The number of hydrogen-bond acceptors (Lipinski definition) is 4. The largest absolute Gasteiger partial charge is 0.446 e. The van der Waals surface area contributed by atoms with Gasteiger partial charge < -0.3 is 25.0 Å². The lowest BCUT2D eigenvalue weighted by Gasteiger charge is -2.43. The first kappa shape index (κ1) is 23.4. The van der Waals surface area contributed by atoms with Gasteiger partial charge in [-0.3, -0.25) is 4.39 Å². The second-order valence-electron chi connectivity index (χ2n) is 8.50. The van der Waals surface area contributed by atoms with Gasteiger partial charge >= 0.3 is 6.09 Å². The summed E-state index contributed by atoms with van der Waals surface area (Å²) in [5.41, 5.74) is 2.68. The number of nitrogens with zero attached hydrogens (tertiary/aromatic N) is 1. The van der Waals surface area contributed by atoms with Gasteiger partial charge in [-0.25, -0.2) is 4.79 Å². The molecule has 0 radical (unpaired) electrons. The van der Waals surface area contributed by atoms with Crippen LogP contribution in [-0.2, 0) is 23.4 Å². The van der Waals surface area contributed by atoms with E-state index >= 15 is 0 Å². The lowest BCUT2D eigenvalue weighted by molar-refractivity contribution is -0.120. The zero-order chi connectivity index (χ0) is 23.4. The fourth-order valence-electron chi connectivity index (χ4n) is 4.51. The molecule has 1 heterocycles. The van der Waals surface area contributed by atoms with Gasteiger partial charge in [0, 0.05) is 59.3 Å². The van der Waals surface area contributed by atoms with Crippen LogP contribution in [0.15, 0.2) is 48.5 Å². The monoisotopic (exact) mass is 473 g/mol. The van der Waals surface area contributed by atoms with Crippen LogP contribution in [0.4, 0.5) is 14.9 Å². The second-order valence-corrected chi connectivity index (χ2v) is 8.94. The fourth-order valence-corrected chi connectivity index (χ4v) is 4.69. The molecule has 176 valence electrons. The summed E-state index contributed by atoms with van der Waals surface area (Å²) in [5, 5.41) is 18.8. The number of hydrogen-bond donors (Lipinski definition) is 3. The molecule has 1 amide bonds. The molecule has 2 aromatic carbocycles. The Morgan fingerprint density at radius 1 is 1.24 bits per heavy atom. The lowest BCUT2D eigenvalue weighted by Crippen LogP contribution is -2.47. The quantitative estimate of drug-likeness (QED) is 0.365. The van der Waals surface area contributed by atoms with E-state index in [0.29, 0.717) is 30.8 Å². The average Bonchev–Trinajstić information content (AvgIpc) is 3.13. The van der Waals surface area contributed by atoms with Crippen LogP contribution in [0.25, 0.3) is 10.9 Å². The predicted molar refractivity (Wildman–Crippen MR) is 128 cm³/mol. The number of anilines is 1. The van der Waals surface area contributed by atoms with E-state index in [9.17, 15) is 14.3 Å². The molecule has 0 bridgehead atoms. The molecule has 1 aliphatic carbocycles. The maximum atomic E-state index is 12.7. The van der Waals surface area contributed by atoms with Crippen LogP contribution in [-0.4, -0.2) is 35.6 Å². The second kappa shape index (κ2) is 10.0. The number of para-hydroxylation sites is 1. The topological polar surface area (TPSA) is 75.5 Å². The van der Waals surface area contributed by atoms with Gasteiger partial charge in [0.05, 0.1) is 18.8 Å². The van der Waals surface area contributed by atoms with Crippen molar-refractivity contribution in [2.24, 2.45) is 0 Å². The van der Waals surface area contributed by atoms with Crippen molar-refractivity contribution in [3.8, 4) is 0 Å². The zero-order valence-electron chi connectivity index (χ0n) is 18.6. The van der Waals surface area contributed by atoms with Crippen LogP contribution in [0.1, 0.15) is 36.9 Å². The molecule has 8 heteroatoms. The maximum Gasteiger partial charge on any atom is 0.407 e. The number of halogens is 2. The average molecular weight is 474 g/mol. The Balaban J connectivity index is 1.52. The van der Waals surface area contributed by atoms with Crippen LogP contribution < -0.4 is 10.6 Å². The number of aliphatic hydroxyl groups is 1. The minimum atomic E-state index is -1.05. The number of fused-ring (bicyclic) bond motifs is 1. The van der Waals surface area contributed by atoms with Gasteiger partial charge in [-0.1, -0.05) is 29.8 Å². The smallest absolute Gasteiger partial charge is 0.407 e. The van der Waals surface area contributed by atoms with Gasteiger partial charge in [-0.2, -0.15) is 0 Å². The Hall–Kier alpha value is -2.77. The highest BCUT2D eigenvalue weighted by molar-refractivity contribution is 6.31. The Kier molecular flexibility index (Phi) is 7.10. The highest BCUT2D eigenvalue weighted by atomic mass is 35.5. The number of rotatable bonds is 9. The minimum absolute atomic E-state index is 0.314. The van der Waals surface area contributed by atoms with Crippen molar-refractivity contribution in [3.05, 3.63) is 64.8 Å². The highest BCUT2D eigenvalue weighted by Gasteiger charge is 2.47. The molecule has 3 aromatic rings. The summed E-state index contributed by atoms with van der Waals surface area (Å²) in [6.45, 7) is 0.929. The number of alkyl carbamates (subject to hydrolysis) is 1. The summed E-state index contributed by atoms with van der Waals surface area (Å²) >= 11 is 6.19. The van der Waals surface area contributed by atoms with Crippen LogP contribution in [0.3, 0.4) is 0 Å². The van der Waals surface area contributed by atoms with Crippen molar-refractivity contribution in [2.75, 3.05) is 19.0 Å². The third-order valence-electron chi connectivity index (χ3n) is 6.21. The maximum absolute atomic E-state index is 12.7. The van der Waals surface area contributed by atoms with E-state index in [1.807, 2.05) is 42.5 Å². The number of carbonyl (C=O) groups excluding carboxylic acids is 1. The van der Waals surface area contributed by atoms with E-state index in [2.05, 4.69) is 21.3 Å². The molecule has 0 spiro atoms. The molecule has 6 nitrogen and oxygen atoms in total. The Labute approximate surface area is 197 Å². The summed E-state index contributed by atoms with van der Waals surface area (Å²) in [4.78, 5) is 11.5. The third kappa shape index (κ3) is 5.09. The number of aromatic nitrogens is 1. The molecule has 1 aromatic heterocycles. The number of carbonyl (C=O) groups is 1. The number of nitrogens with one attached hydrogen (secondary N) is 2. The van der Waals surface area contributed by atoms with Gasteiger partial charge in [0.2, 0.25) is 0 Å². The Bertz CT molecular complexity index is 1130. The van der Waals surface area contributed by atoms with E-state index in [4.69, 9.17) is 16.3 Å². The van der Waals surface area contributed by atoms with Gasteiger partial charge in [-0.15, -0.1) is 0 Å². The summed E-state index contributed by atoms with van der Waals surface area (Å²) in [6.07, 6.45) is 1.16. The fraction of sp³-hybridized carbons (Fsp3) is 0.400. The van der Waals surface area contributed by atoms with Crippen molar-refractivity contribution in [3.63, 3.8) is 0 Å².